The lowest BCUT2D eigenvalue weighted by Crippen LogP contribution is -2.36. The molecule has 6 heteroatoms. The second kappa shape index (κ2) is 6.75. The summed E-state index contributed by atoms with van der Waals surface area (Å²) in [6.45, 7) is 2.60. The van der Waals surface area contributed by atoms with Crippen LogP contribution in [0.25, 0.3) is 6.08 Å². The first-order chi connectivity index (χ1) is 11.1. The monoisotopic (exact) mass is 315 g/mol. The van der Waals surface area contributed by atoms with E-state index in [9.17, 15) is 9.18 Å². The molecule has 1 saturated heterocycles. The highest BCUT2D eigenvalue weighted by Crippen LogP contribution is 2.22. The van der Waals surface area contributed by atoms with Gasteiger partial charge in [0.15, 0.2) is 5.78 Å². The van der Waals surface area contributed by atoms with E-state index in [2.05, 4.69) is 5.10 Å². The average molecular weight is 315 g/mol. The van der Waals surface area contributed by atoms with Crippen molar-refractivity contribution < 1.29 is 13.9 Å². The Labute approximate surface area is 134 Å². The molecule has 0 bridgehead atoms. The Morgan fingerprint density at radius 2 is 2.13 bits per heavy atom. The van der Waals surface area contributed by atoms with E-state index in [1.807, 2.05) is 4.90 Å². The zero-order chi connectivity index (χ0) is 16.2. The highest BCUT2D eigenvalue weighted by Gasteiger charge is 2.15. The molecule has 5 nitrogen and oxygen atoms in total. The quantitative estimate of drug-likeness (QED) is 0.641. The number of carbonyl (C=O) groups is 1. The van der Waals surface area contributed by atoms with Gasteiger partial charge >= 0.3 is 0 Å². The molecule has 2 heterocycles. The lowest BCUT2D eigenvalue weighted by Gasteiger charge is -2.29. The Balaban J connectivity index is 1.72. The molecule has 1 aromatic heterocycles. The van der Waals surface area contributed by atoms with Gasteiger partial charge in [-0.3, -0.25) is 9.48 Å². The summed E-state index contributed by atoms with van der Waals surface area (Å²) >= 11 is 0. The topological polar surface area (TPSA) is 47.4 Å². The molecule has 0 atom stereocenters. The molecule has 1 aliphatic rings. The van der Waals surface area contributed by atoms with Crippen LogP contribution in [0.3, 0.4) is 0 Å². The fourth-order valence-electron chi connectivity index (χ4n) is 2.50. The minimum atomic E-state index is -0.289. The molecule has 0 saturated carbocycles. The van der Waals surface area contributed by atoms with E-state index in [1.54, 1.807) is 36.1 Å². The van der Waals surface area contributed by atoms with Gasteiger partial charge in [0, 0.05) is 26.3 Å². The molecule has 0 N–H and O–H groups in total. The maximum atomic E-state index is 14.3. The van der Waals surface area contributed by atoms with E-state index in [4.69, 9.17) is 4.74 Å². The second-order valence-corrected chi connectivity index (χ2v) is 5.41. The summed E-state index contributed by atoms with van der Waals surface area (Å²) in [4.78, 5) is 13.9. The summed E-state index contributed by atoms with van der Waals surface area (Å²) in [6, 6.07) is 4.99. The van der Waals surface area contributed by atoms with Gasteiger partial charge in [0.05, 0.1) is 30.7 Å². The summed E-state index contributed by atoms with van der Waals surface area (Å²) in [5, 5.41) is 3.96. The van der Waals surface area contributed by atoms with E-state index >= 15 is 0 Å². The summed E-state index contributed by atoms with van der Waals surface area (Å²) in [7, 11) is 1.75. The Hall–Kier alpha value is -2.47. The van der Waals surface area contributed by atoms with Crippen molar-refractivity contribution in [2.75, 3.05) is 31.2 Å². The minimum Gasteiger partial charge on any atom is -0.378 e. The SMILES string of the molecule is Cn1cc(C(=O)/C=C/c2ccc(N3CCOCC3)c(F)c2)cn1. The lowest BCUT2D eigenvalue weighted by molar-refractivity contribution is 0.104. The summed E-state index contributed by atoms with van der Waals surface area (Å²) in [6.07, 6.45) is 6.20. The van der Waals surface area contributed by atoms with Crippen molar-refractivity contribution in [2.24, 2.45) is 7.05 Å². The van der Waals surface area contributed by atoms with Crippen LogP contribution in [-0.2, 0) is 11.8 Å². The summed E-state index contributed by atoms with van der Waals surface area (Å²) in [5.41, 5.74) is 1.73. The van der Waals surface area contributed by atoms with Crippen LogP contribution in [0.1, 0.15) is 15.9 Å². The van der Waals surface area contributed by atoms with Crippen molar-refractivity contribution in [3.8, 4) is 0 Å². The molecule has 120 valence electrons. The van der Waals surface area contributed by atoms with E-state index in [1.165, 1.54) is 18.3 Å². The van der Waals surface area contributed by atoms with Crippen molar-refractivity contribution in [1.29, 1.82) is 0 Å². The largest absolute Gasteiger partial charge is 0.378 e. The Morgan fingerprint density at radius 3 is 2.78 bits per heavy atom. The number of morpholine rings is 1. The van der Waals surface area contributed by atoms with Gasteiger partial charge in [-0.25, -0.2) is 4.39 Å². The first kappa shape index (κ1) is 15.4. The highest BCUT2D eigenvalue weighted by molar-refractivity contribution is 6.06. The van der Waals surface area contributed by atoms with Gasteiger partial charge in [-0.05, 0) is 23.8 Å². The van der Waals surface area contributed by atoms with Crippen LogP contribution in [0.4, 0.5) is 10.1 Å². The molecule has 0 amide bonds. The van der Waals surface area contributed by atoms with Crippen LogP contribution in [0.15, 0.2) is 36.7 Å². The van der Waals surface area contributed by atoms with E-state index in [0.717, 1.165) is 0 Å². The number of ketones is 1. The molecular formula is C17H18FN3O2. The maximum Gasteiger partial charge on any atom is 0.189 e. The van der Waals surface area contributed by atoms with Crippen LogP contribution in [0.2, 0.25) is 0 Å². The fourth-order valence-corrected chi connectivity index (χ4v) is 2.50. The third-order valence-electron chi connectivity index (χ3n) is 3.74. The molecule has 1 aromatic carbocycles. The molecule has 1 aliphatic heterocycles. The Kier molecular flexibility index (Phi) is 4.52. The van der Waals surface area contributed by atoms with Crippen molar-refractivity contribution in [2.45, 2.75) is 0 Å². The number of aromatic nitrogens is 2. The average Bonchev–Trinajstić information content (AvgIpc) is 3.00. The number of aryl methyl sites for hydroxylation is 1. The predicted octanol–water partition coefficient (Wildman–Crippen LogP) is 2.29. The van der Waals surface area contributed by atoms with Crippen molar-refractivity contribution >= 4 is 17.5 Å². The van der Waals surface area contributed by atoms with Crippen LogP contribution in [0.5, 0.6) is 0 Å². The van der Waals surface area contributed by atoms with Crippen LogP contribution >= 0.6 is 0 Å². The molecule has 0 radical (unpaired) electrons. The highest BCUT2D eigenvalue weighted by atomic mass is 19.1. The number of hydrogen-bond acceptors (Lipinski definition) is 4. The van der Waals surface area contributed by atoms with Crippen LogP contribution in [0, 0.1) is 5.82 Å². The number of ether oxygens (including phenoxy) is 1. The minimum absolute atomic E-state index is 0.157. The first-order valence-corrected chi connectivity index (χ1v) is 7.47. The van der Waals surface area contributed by atoms with E-state index in [0.29, 0.717) is 43.1 Å². The summed E-state index contributed by atoms with van der Waals surface area (Å²) < 4.78 is 21.1. The molecule has 23 heavy (non-hydrogen) atoms. The molecule has 3 rings (SSSR count). The van der Waals surface area contributed by atoms with Crippen molar-refractivity contribution in [3.63, 3.8) is 0 Å². The number of rotatable bonds is 4. The Bertz CT molecular complexity index is 733. The van der Waals surface area contributed by atoms with E-state index in [-0.39, 0.29) is 11.6 Å². The number of anilines is 1. The fraction of sp³-hybridized carbons (Fsp3) is 0.294. The molecular weight excluding hydrogens is 297 g/mol. The number of allylic oxidation sites excluding steroid dienone is 1. The van der Waals surface area contributed by atoms with Gasteiger partial charge in [0.1, 0.15) is 5.82 Å². The van der Waals surface area contributed by atoms with Gasteiger partial charge in [-0.2, -0.15) is 5.10 Å². The standard InChI is InChI=1S/C17H18FN3O2/c1-20-12-14(11-19-20)17(22)5-3-13-2-4-16(15(18)10-13)21-6-8-23-9-7-21/h2-5,10-12H,6-9H2,1H3/b5-3+. The molecule has 0 unspecified atom stereocenters. The number of halogens is 1. The first-order valence-electron chi connectivity index (χ1n) is 7.47. The third-order valence-corrected chi connectivity index (χ3v) is 3.74. The summed E-state index contributed by atoms with van der Waals surface area (Å²) in [5.74, 6) is -0.446. The normalized spacial score (nSPS) is 15.3. The molecule has 2 aromatic rings. The van der Waals surface area contributed by atoms with Gasteiger partial charge < -0.3 is 9.64 Å². The van der Waals surface area contributed by atoms with Gasteiger partial charge in [-0.1, -0.05) is 12.1 Å². The lowest BCUT2D eigenvalue weighted by atomic mass is 10.1. The van der Waals surface area contributed by atoms with Crippen LogP contribution < -0.4 is 4.90 Å². The third kappa shape index (κ3) is 3.65. The zero-order valence-corrected chi connectivity index (χ0v) is 12.9. The zero-order valence-electron chi connectivity index (χ0n) is 12.9. The van der Waals surface area contributed by atoms with Gasteiger partial charge in [0.2, 0.25) is 0 Å². The van der Waals surface area contributed by atoms with E-state index < -0.39 is 0 Å². The number of hydrogen-bond donors (Lipinski definition) is 0. The molecule has 0 spiro atoms. The van der Waals surface area contributed by atoms with Crippen molar-refractivity contribution in [3.05, 3.63) is 53.6 Å². The smallest absolute Gasteiger partial charge is 0.189 e. The number of carbonyl (C=O) groups excluding carboxylic acids is 1. The predicted molar refractivity (Wildman–Crippen MR) is 86.0 cm³/mol. The van der Waals surface area contributed by atoms with Crippen molar-refractivity contribution in [1.82, 2.24) is 9.78 Å². The van der Waals surface area contributed by atoms with Gasteiger partial charge in [0.25, 0.3) is 0 Å². The molecule has 0 aliphatic carbocycles. The molecule has 1 fully saturated rings. The maximum absolute atomic E-state index is 14.3. The second-order valence-electron chi connectivity index (χ2n) is 5.41. The number of benzene rings is 1. The Morgan fingerprint density at radius 1 is 1.35 bits per heavy atom. The van der Waals surface area contributed by atoms with Crippen LogP contribution in [-0.4, -0.2) is 41.9 Å². The number of nitrogens with zero attached hydrogens (tertiary/aromatic N) is 3. The van der Waals surface area contributed by atoms with Gasteiger partial charge in [-0.15, -0.1) is 0 Å².